The summed E-state index contributed by atoms with van der Waals surface area (Å²) in [5.74, 6) is 0.181. The molecule has 1 N–H and O–H groups in total. The zero-order valence-corrected chi connectivity index (χ0v) is 17.2. The van der Waals surface area contributed by atoms with Crippen molar-refractivity contribution in [1.82, 2.24) is 9.78 Å². The van der Waals surface area contributed by atoms with E-state index in [9.17, 15) is 9.18 Å². The summed E-state index contributed by atoms with van der Waals surface area (Å²) in [6, 6.07) is 20.6. The highest BCUT2D eigenvalue weighted by Gasteiger charge is 2.09. The molecule has 31 heavy (non-hydrogen) atoms. The van der Waals surface area contributed by atoms with Gasteiger partial charge in [0.2, 0.25) is 0 Å². The average Bonchev–Trinajstić information content (AvgIpc) is 3.22. The number of hydrogen-bond donors (Lipinski definition) is 1. The minimum absolute atomic E-state index is 0.241. The minimum Gasteiger partial charge on any atom is -0.489 e. The standard InChI is InChI=1S/C24H19ClFN3O2/c25-20-6-10-23(11-7-20)31-16-18-2-1-3-19(12-18)24(30)28-22-13-27-29(15-22)14-17-4-8-21(26)9-5-17/h1-13,15H,14,16H2,(H,28,30). The number of ether oxygens (including phenoxy) is 1. The molecule has 1 heterocycles. The van der Waals surface area contributed by atoms with Crippen LogP contribution in [0.1, 0.15) is 21.5 Å². The Balaban J connectivity index is 1.36. The lowest BCUT2D eigenvalue weighted by Gasteiger charge is -2.08. The largest absolute Gasteiger partial charge is 0.489 e. The molecule has 0 radical (unpaired) electrons. The first-order chi connectivity index (χ1) is 15.0. The van der Waals surface area contributed by atoms with Gasteiger partial charge in [-0.1, -0.05) is 35.9 Å². The van der Waals surface area contributed by atoms with Gasteiger partial charge in [-0.25, -0.2) is 4.39 Å². The Labute approximate surface area is 184 Å². The van der Waals surface area contributed by atoms with Crippen LogP contribution in [0.15, 0.2) is 85.2 Å². The minimum atomic E-state index is -0.280. The first-order valence-electron chi connectivity index (χ1n) is 9.61. The molecule has 0 aliphatic heterocycles. The van der Waals surface area contributed by atoms with E-state index in [0.717, 1.165) is 11.1 Å². The molecule has 5 nitrogen and oxygen atoms in total. The molecular weight excluding hydrogens is 417 g/mol. The van der Waals surface area contributed by atoms with Gasteiger partial charge in [0.1, 0.15) is 18.2 Å². The Bertz CT molecular complexity index is 1170. The predicted octanol–water partition coefficient (Wildman–Crippen LogP) is 5.56. The lowest BCUT2D eigenvalue weighted by molar-refractivity contribution is 0.102. The number of anilines is 1. The van der Waals surface area contributed by atoms with E-state index in [4.69, 9.17) is 16.3 Å². The van der Waals surface area contributed by atoms with Crippen LogP contribution in [0.5, 0.6) is 5.75 Å². The lowest BCUT2D eigenvalue weighted by Crippen LogP contribution is -2.12. The summed E-state index contributed by atoms with van der Waals surface area (Å²) in [5, 5.41) is 7.73. The van der Waals surface area contributed by atoms with E-state index >= 15 is 0 Å². The van der Waals surface area contributed by atoms with Gasteiger partial charge in [-0.3, -0.25) is 9.48 Å². The third-order valence-electron chi connectivity index (χ3n) is 4.56. The number of hydrogen-bond acceptors (Lipinski definition) is 3. The summed E-state index contributed by atoms with van der Waals surface area (Å²) in [7, 11) is 0. The number of halogens is 2. The molecule has 0 fully saturated rings. The van der Waals surface area contributed by atoms with Crippen molar-refractivity contribution in [2.45, 2.75) is 13.2 Å². The summed E-state index contributed by atoms with van der Waals surface area (Å²) in [6.07, 6.45) is 3.31. The molecule has 0 saturated heterocycles. The van der Waals surface area contributed by atoms with E-state index in [1.54, 1.807) is 65.6 Å². The summed E-state index contributed by atoms with van der Waals surface area (Å²) in [6.45, 7) is 0.812. The van der Waals surface area contributed by atoms with Gasteiger partial charge in [0, 0.05) is 16.8 Å². The summed E-state index contributed by atoms with van der Waals surface area (Å²) in [4.78, 5) is 12.6. The number of nitrogens with zero attached hydrogens (tertiary/aromatic N) is 2. The second-order valence-electron chi connectivity index (χ2n) is 6.95. The zero-order valence-electron chi connectivity index (χ0n) is 16.5. The monoisotopic (exact) mass is 435 g/mol. The molecule has 0 aliphatic carbocycles. The van der Waals surface area contributed by atoms with Crippen molar-refractivity contribution in [3.63, 3.8) is 0 Å². The highest BCUT2D eigenvalue weighted by atomic mass is 35.5. The van der Waals surface area contributed by atoms with Crippen molar-refractivity contribution in [2.75, 3.05) is 5.32 Å². The fourth-order valence-electron chi connectivity index (χ4n) is 2.99. The number of nitrogens with one attached hydrogen (secondary N) is 1. The van der Waals surface area contributed by atoms with Crippen molar-refractivity contribution in [3.8, 4) is 5.75 Å². The maximum Gasteiger partial charge on any atom is 0.255 e. The van der Waals surface area contributed by atoms with Crippen LogP contribution in [0, 0.1) is 5.82 Å². The molecule has 0 saturated carbocycles. The number of carbonyl (C=O) groups excluding carboxylic acids is 1. The number of aromatic nitrogens is 2. The highest BCUT2D eigenvalue weighted by molar-refractivity contribution is 6.30. The van der Waals surface area contributed by atoms with Crippen LogP contribution in [-0.4, -0.2) is 15.7 Å². The molecule has 0 atom stereocenters. The normalized spacial score (nSPS) is 10.6. The van der Waals surface area contributed by atoms with Gasteiger partial charge in [0.15, 0.2) is 0 Å². The molecular formula is C24H19ClFN3O2. The van der Waals surface area contributed by atoms with Crippen LogP contribution >= 0.6 is 11.6 Å². The van der Waals surface area contributed by atoms with Crippen LogP contribution in [0.3, 0.4) is 0 Å². The molecule has 1 aromatic heterocycles. The maximum atomic E-state index is 13.0. The molecule has 4 aromatic rings. The Morgan fingerprint density at radius 3 is 2.58 bits per heavy atom. The molecule has 0 unspecified atom stereocenters. The molecule has 0 spiro atoms. The number of carbonyl (C=O) groups is 1. The quantitative estimate of drug-likeness (QED) is 0.413. The second-order valence-corrected chi connectivity index (χ2v) is 7.39. The molecule has 0 aliphatic rings. The van der Waals surface area contributed by atoms with Crippen LogP contribution in [-0.2, 0) is 13.2 Å². The van der Waals surface area contributed by atoms with Crippen molar-refractivity contribution in [1.29, 1.82) is 0 Å². The first kappa shape index (κ1) is 20.6. The van der Waals surface area contributed by atoms with Crippen molar-refractivity contribution in [3.05, 3.63) is 113 Å². The molecule has 1 amide bonds. The summed E-state index contributed by atoms with van der Waals surface area (Å²) >= 11 is 5.88. The SMILES string of the molecule is O=C(Nc1cnn(Cc2ccc(F)cc2)c1)c1cccc(COc2ccc(Cl)cc2)c1. The Morgan fingerprint density at radius 2 is 1.81 bits per heavy atom. The van der Waals surface area contributed by atoms with E-state index in [-0.39, 0.29) is 11.7 Å². The van der Waals surface area contributed by atoms with Crippen LogP contribution in [0.2, 0.25) is 5.02 Å². The van der Waals surface area contributed by atoms with E-state index in [0.29, 0.717) is 35.2 Å². The maximum absolute atomic E-state index is 13.0. The predicted molar refractivity (Wildman–Crippen MR) is 118 cm³/mol. The van der Waals surface area contributed by atoms with Gasteiger partial charge >= 0.3 is 0 Å². The summed E-state index contributed by atoms with van der Waals surface area (Å²) < 4.78 is 20.4. The second kappa shape index (κ2) is 9.45. The molecule has 0 bridgehead atoms. The van der Waals surface area contributed by atoms with Gasteiger partial charge in [-0.05, 0) is 59.7 Å². The fraction of sp³-hybridized carbons (Fsp3) is 0.0833. The lowest BCUT2D eigenvalue weighted by atomic mass is 10.1. The number of benzene rings is 3. The van der Waals surface area contributed by atoms with Crippen LogP contribution in [0.25, 0.3) is 0 Å². The first-order valence-corrected chi connectivity index (χ1v) is 9.98. The Morgan fingerprint density at radius 1 is 1.03 bits per heavy atom. The number of rotatable bonds is 7. The molecule has 156 valence electrons. The smallest absolute Gasteiger partial charge is 0.255 e. The molecule has 3 aromatic carbocycles. The third-order valence-corrected chi connectivity index (χ3v) is 4.81. The highest BCUT2D eigenvalue weighted by Crippen LogP contribution is 2.18. The van der Waals surface area contributed by atoms with Crippen molar-refractivity contribution in [2.24, 2.45) is 0 Å². The van der Waals surface area contributed by atoms with Gasteiger partial charge in [0.05, 0.1) is 18.4 Å². The van der Waals surface area contributed by atoms with Crippen molar-refractivity contribution < 1.29 is 13.9 Å². The average molecular weight is 436 g/mol. The van der Waals surface area contributed by atoms with Gasteiger partial charge in [-0.2, -0.15) is 5.10 Å². The van der Waals surface area contributed by atoms with E-state index < -0.39 is 0 Å². The third kappa shape index (κ3) is 5.71. The number of amides is 1. The van der Waals surface area contributed by atoms with Gasteiger partial charge in [-0.15, -0.1) is 0 Å². The zero-order chi connectivity index (χ0) is 21.6. The molecule has 4 rings (SSSR count). The Kier molecular flexibility index (Phi) is 6.29. The van der Waals surface area contributed by atoms with E-state index in [1.165, 1.54) is 12.1 Å². The van der Waals surface area contributed by atoms with Gasteiger partial charge in [0.25, 0.3) is 5.91 Å². The molecule has 7 heteroatoms. The van der Waals surface area contributed by atoms with Crippen LogP contribution < -0.4 is 10.1 Å². The van der Waals surface area contributed by atoms with Gasteiger partial charge < -0.3 is 10.1 Å². The van der Waals surface area contributed by atoms with Crippen molar-refractivity contribution >= 4 is 23.2 Å². The summed E-state index contributed by atoms with van der Waals surface area (Å²) in [5.41, 5.74) is 2.88. The van der Waals surface area contributed by atoms with E-state index in [2.05, 4.69) is 10.4 Å². The topological polar surface area (TPSA) is 56.2 Å². The Hall–Kier alpha value is -3.64. The van der Waals surface area contributed by atoms with Crippen LogP contribution in [0.4, 0.5) is 10.1 Å². The van der Waals surface area contributed by atoms with E-state index in [1.807, 2.05) is 12.1 Å². The fourth-order valence-corrected chi connectivity index (χ4v) is 3.12.